The van der Waals surface area contributed by atoms with Crippen molar-refractivity contribution in [2.75, 3.05) is 26.7 Å². The molecule has 0 unspecified atom stereocenters. The van der Waals surface area contributed by atoms with Crippen LogP contribution in [0.4, 0.5) is 0 Å². The number of piperidine rings is 1. The number of aromatic nitrogens is 1. The Labute approximate surface area is 154 Å². The third-order valence-electron chi connectivity index (χ3n) is 5.43. The van der Waals surface area contributed by atoms with E-state index in [1.807, 2.05) is 29.0 Å². The van der Waals surface area contributed by atoms with Crippen LogP contribution in [-0.4, -0.2) is 70.2 Å². The first kappa shape index (κ1) is 20.3. The lowest BCUT2D eigenvalue weighted by atomic mass is 9.76. The molecule has 7 nitrogen and oxygen atoms in total. The SMILES string of the molecule is CN(CC(=O)N1CCC[C@]2(CCC[C@H]2O)C1)Cc1ccncc1.O=CO. The van der Waals surface area contributed by atoms with Crippen LogP contribution in [0.3, 0.4) is 0 Å². The highest BCUT2D eigenvalue weighted by Crippen LogP contribution is 2.44. The number of carboxylic acid groups (broad SMARTS) is 1. The van der Waals surface area contributed by atoms with Gasteiger partial charge < -0.3 is 15.1 Å². The molecule has 3 rings (SSSR count). The van der Waals surface area contributed by atoms with Gasteiger partial charge in [0, 0.05) is 37.4 Å². The van der Waals surface area contributed by atoms with Gasteiger partial charge in [0.1, 0.15) is 0 Å². The molecule has 0 radical (unpaired) electrons. The van der Waals surface area contributed by atoms with Crippen LogP contribution in [-0.2, 0) is 16.1 Å². The standard InChI is InChI=1S/C18H27N3O2.CH2O2/c1-20(12-15-5-9-19-10-6-15)13-17(23)21-11-3-8-18(14-21)7-2-4-16(18)22;2-1-3/h5-6,9-10,16,22H,2-4,7-8,11-14H2,1H3;1H,(H,2,3)/t16-,18-;/m1./s1. The molecule has 2 aliphatic rings. The molecule has 144 valence electrons. The molecule has 1 aliphatic heterocycles. The Morgan fingerprint density at radius 1 is 1.38 bits per heavy atom. The summed E-state index contributed by atoms with van der Waals surface area (Å²) in [5.74, 6) is 0.180. The van der Waals surface area contributed by atoms with Crippen molar-refractivity contribution in [2.45, 2.75) is 44.8 Å². The number of carbonyl (C=O) groups excluding carboxylic acids is 1. The first-order valence-corrected chi connectivity index (χ1v) is 9.12. The van der Waals surface area contributed by atoms with Gasteiger partial charge in [-0.3, -0.25) is 19.5 Å². The molecule has 1 saturated heterocycles. The normalized spacial score (nSPS) is 25.0. The summed E-state index contributed by atoms with van der Waals surface area (Å²) in [6, 6.07) is 3.96. The minimum Gasteiger partial charge on any atom is -0.483 e. The van der Waals surface area contributed by atoms with Gasteiger partial charge in [-0.15, -0.1) is 0 Å². The number of pyridine rings is 1. The van der Waals surface area contributed by atoms with Crippen molar-refractivity contribution in [2.24, 2.45) is 5.41 Å². The van der Waals surface area contributed by atoms with Crippen molar-refractivity contribution in [3.63, 3.8) is 0 Å². The minimum atomic E-state index is -0.250. The number of amides is 1. The van der Waals surface area contributed by atoms with Crippen molar-refractivity contribution < 1.29 is 19.8 Å². The van der Waals surface area contributed by atoms with Crippen LogP contribution >= 0.6 is 0 Å². The van der Waals surface area contributed by atoms with Gasteiger partial charge in [0.15, 0.2) is 0 Å². The number of carbonyl (C=O) groups is 2. The maximum atomic E-state index is 12.6. The summed E-state index contributed by atoms with van der Waals surface area (Å²) in [7, 11) is 1.97. The predicted molar refractivity (Wildman–Crippen MR) is 97.4 cm³/mol. The van der Waals surface area contributed by atoms with Gasteiger partial charge in [-0.25, -0.2) is 0 Å². The number of hydrogen-bond acceptors (Lipinski definition) is 5. The molecule has 1 aliphatic carbocycles. The summed E-state index contributed by atoms with van der Waals surface area (Å²) < 4.78 is 0. The van der Waals surface area contributed by atoms with Gasteiger partial charge in [-0.05, 0) is 50.4 Å². The molecule has 2 atom stereocenters. The Morgan fingerprint density at radius 3 is 2.65 bits per heavy atom. The van der Waals surface area contributed by atoms with Crippen LogP contribution in [0.15, 0.2) is 24.5 Å². The molecule has 0 bridgehead atoms. The molecule has 2 N–H and O–H groups in total. The zero-order valence-electron chi connectivity index (χ0n) is 15.4. The molecule has 1 amide bonds. The van der Waals surface area contributed by atoms with Crippen LogP contribution in [0, 0.1) is 5.41 Å². The fourth-order valence-corrected chi connectivity index (χ4v) is 4.16. The first-order chi connectivity index (χ1) is 12.5. The van der Waals surface area contributed by atoms with Crippen molar-refractivity contribution >= 4 is 12.4 Å². The molecule has 1 aromatic rings. The second kappa shape index (κ2) is 9.64. The van der Waals surface area contributed by atoms with E-state index in [1.54, 1.807) is 12.4 Å². The van der Waals surface area contributed by atoms with Gasteiger partial charge >= 0.3 is 0 Å². The van der Waals surface area contributed by atoms with Crippen molar-refractivity contribution in [1.29, 1.82) is 0 Å². The number of rotatable bonds is 4. The maximum Gasteiger partial charge on any atom is 0.290 e. The van der Waals surface area contributed by atoms with Crippen molar-refractivity contribution in [3.8, 4) is 0 Å². The Morgan fingerprint density at radius 2 is 2.04 bits per heavy atom. The van der Waals surface area contributed by atoms with Gasteiger partial charge in [-0.2, -0.15) is 0 Å². The van der Waals surface area contributed by atoms with E-state index in [2.05, 4.69) is 4.98 Å². The molecule has 1 spiro atoms. The Hall–Kier alpha value is -1.99. The van der Waals surface area contributed by atoms with Crippen LogP contribution in [0.2, 0.25) is 0 Å². The molecular formula is C19H29N3O4. The van der Waals surface area contributed by atoms with E-state index >= 15 is 0 Å². The third-order valence-corrected chi connectivity index (χ3v) is 5.43. The molecule has 0 aromatic carbocycles. The molecule has 2 heterocycles. The smallest absolute Gasteiger partial charge is 0.290 e. The van der Waals surface area contributed by atoms with Gasteiger partial charge in [0.25, 0.3) is 6.47 Å². The van der Waals surface area contributed by atoms with Crippen LogP contribution in [0.5, 0.6) is 0 Å². The van der Waals surface area contributed by atoms with Crippen LogP contribution in [0.1, 0.15) is 37.7 Å². The maximum absolute atomic E-state index is 12.6. The second-order valence-electron chi connectivity index (χ2n) is 7.32. The van der Waals surface area contributed by atoms with E-state index in [9.17, 15) is 9.90 Å². The molecule has 26 heavy (non-hydrogen) atoms. The summed E-state index contributed by atoms with van der Waals surface area (Å²) in [6.07, 6.45) is 8.44. The Bertz CT molecular complexity index is 583. The topological polar surface area (TPSA) is 94.0 Å². The van der Waals surface area contributed by atoms with E-state index in [0.717, 1.165) is 57.3 Å². The van der Waals surface area contributed by atoms with E-state index in [-0.39, 0.29) is 23.9 Å². The van der Waals surface area contributed by atoms with Crippen LogP contribution < -0.4 is 0 Å². The highest BCUT2D eigenvalue weighted by molar-refractivity contribution is 5.78. The summed E-state index contributed by atoms with van der Waals surface area (Å²) in [4.78, 5) is 29.0. The van der Waals surface area contributed by atoms with E-state index in [4.69, 9.17) is 9.90 Å². The van der Waals surface area contributed by atoms with E-state index in [0.29, 0.717) is 6.54 Å². The number of likely N-dealkylation sites (N-methyl/N-ethyl adjacent to an activating group) is 1. The van der Waals surface area contributed by atoms with Crippen LogP contribution in [0.25, 0.3) is 0 Å². The molecule has 2 fully saturated rings. The fraction of sp³-hybridized carbons (Fsp3) is 0.632. The summed E-state index contributed by atoms with van der Waals surface area (Å²) in [6.45, 7) is 2.48. The summed E-state index contributed by atoms with van der Waals surface area (Å²) in [5, 5.41) is 17.2. The second-order valence-corrected chi connectivity index (χ2v) is 7.32. The number of likely N-dealkylation sites (tertiary alicyclic amines) is 1. The number of aliphatic hydroxyl groups excluding tert-OH is 1. The largest absolute Gasteiger partial charge is 0.483 e. The average molecular weight is 363 g/mol. The zero-order chi connectivity index (χ0) is 19.0. The summed E-state index contributed by atoms with van der Waals surface area (Å²) in [5.41, 5.74) is 1.13. The van der Waals surface area contributed by atoms with Crippen molar-refractivity contribution in [3.05, 3.63) is 30.1 Å². The zero-order valence-corrected chi connectivity index (χ0v) is 15.4. The number of aliphatic hydroxyl groups is 1. The Kier molecular flexibility index (Phi) is 7.53. The van der Waals surface area contributed by atoms with Gasteiger partial charge in [0.2, 0.25) is 5.91 Å². The number of hydrogen-bond donors (Lipinski definition) is 2. The molecular weight excluding hydrogens is 334 g/mol. The third kappa shape index (κ3) is 5.25. The lowest BCUT2D eigenvalue weighted by molar-refractivity contribution is -0.137. The highest BCUT2D eigenvalue weighted by atomic mass is 16.3. The van der Waals surface area contributed by atoms with Crippen molar-refractivity contribution in [1.82, 2.24) is 14.8 Å². The minimum absolute atomic E-state index is 0.0302. The molecule has 1 saturated carbocycles. The number of nitrogens with zero attached hydrogens (tertiary/aromatic N) is 3. The van der Waals surface area contributed by atoms with Gasteiger partial charge in [-0.1, -0.05) is 6.42 Å². The van der Waals surface area contributed by atoms with E-state index in [1.165, 1.54) is 0 Å². The lowest BCUT2D eigenvalue weighted by Crippen LogP contribution is -2.51. The quantitative estimate of drug-likeness (QED) is 0.785. The Balaban J connectivity index is 0.000000758. The molecule has 7 heteroatoms. The fourth-order valence-electron chi connectivity index (χ4n) is 4.16. The highest BCUT2D eigenvalue weighted by Gasteiger charge is 2.45. The average Bonchev–Trinajstić information content (AvgIpc) is 2.96. The van der Waals surface area contributed by atoms with E-state index < -0.39 is 0 Å². The molecule has 1 aromatic heterocycles. The van der Waals surface area contributed by atoms with Gasteiger partial charge in [0.05, 0.1) is 12.6 Å². The lowest BCUT2D eigenvalue weighted by Gasteiger charge is -2.43. The predicted octanol–water partition coefficient (Wildman–Crippen LogP) is 1.37. The summed E-state index contributed by atoms with van der Waals surface area (Å²) >= 11 is 0. The first-order valence-electron chi connectivity index (χ1n) is 9.12. The monoisotopic (exact) mass is 363 g/mol.